The third kappa shape index (κ3) is 1.87. The molecule has 0 aliphatic rings. The van der Waals surface area contributed by atoms with Gasteiger partial charge in [0.25, 0.3) is 0 Å². The van der Waals surface area contributed by atoms with Gasteiger partial charge in [0.2, 0.25) is 0 Å². The Bertz CT molecular complexity index is 463. The van der Waals surface area contributed by atoms with Gasteiger partial charge < -0.3 is 4.74 Å². The van der Waals surface area contributed by atoms with Crippen LogP contribution in [0.15, 0.2) is 17.0 Å². The maximum atomic E-state index is 5.31. The second-order valence-corrected chi connectivity index (χ2v) is 3.72. The molecule has 0 atom stereocenters. The molecule has 0 spiro atoms. The number of ether oxygens (including phenoxy) is 1. The third-order valence-corrected chi connectivity index (χ3v) is 2.32. The van der Waals surface area contributed by atoms with Gasteiger partial charge in [-0.15, -0.1) is 0 Å². The maximum Gasteiger partial charge on any atom is 0.321 e. The van der Waals surface area contributed by atoms with Gasteiger partial charge in [-0.25, -0.2) is 0 Å². The van der Waals surface area contributed by atoms with Crippen LogP contribution in [0.3, 0.4) is 0 Å². The predicted molar refractivity (Wildman–Crippen MR) is 57.0 cm³/mol. The van der Waals surface area contributed by atoms with Crippen molar-refractivity contribution in [2.75, 3.05) is 6.61 Å². The van der Waals surface area contributed by atoms with Gasteiger partial charge in [-0.3, -0.25) is 4.68 Å². The molecule has 15 heavy (non-hydrogen) atoms. The summed E-state index contributed by atoms with van der Waals surface area (Å²) in [6.45, 7) is 2.44. The lowest BCUT2D eigenvalue weighted by Gasteiger charge is -2.02. The molecule has 0 saturated heterocycles. The van der Waals surface area contributed by atoms with Crippen molar-refractivity contribution in [2.45, 2.75) is 6.92 Å². The lowest BCUT2D eigenvalue weighted by Crippen LogP contribution is -2.04. The Morgan fingerprint density at radius 2 is 2.33 bits per heavy atom. The van der Waals surface area contributed by atoms with Crippen LogP contribution in [0.25, 0.3) is 5.82 Å². The van der Waals surface area contributed by atoms with Gasteiger partial charge in [-0.1, -0.05) is 0 Å². The van der Waals surface area contributed by atoms with Crippen LogP contribution in [0.5, 0.6) is 6.01 Å². The summed E-state index contributed by atoms with van der Waals surface area (Å²) in [4.78, 5) is 3.99. The van der Waals surface area contributed by atoms with Crippen molar-refractivity contribution in [1.82, 2.24) is 24.5 Å². The summed E-state index contributed by atoms with van der Waals surface area (Å²) >= 11 is 3.40. The third-order valence-electron chi connectivity index (χ3n) is 1.76. The van der Waals surface area contributed by atoms with Crippen LogP contribution < -0.4 is 4.74 Å². The fraction of sp³-hybridized carbons (Fsp3) is 0.375. The molecule has 2 rings (SSSR count). The van der Waals surface area contributed by atoms with E-state index < -0.39 is 0 Å². The summed E-state index contributed by atoms with van der Waals surface area (Å²) in [6, 6.07) is 0.442. The van der Waals surface area contributed by atoms with E-state index in [-0.39, 0.29) is 0 Å². The van der Waals surface area contributed by atoms with Crippen LogP contribution in [-0.2, 0) is 7.05 Å². The molecule has 0 unspecified atom stereocenters. The molecule has 2 aromatic rings. The van der Waals surface area contributed by atoms with Gasteiger partial charge in [0.05, 0.1) is 11.1 Å². The molecule has 0 aromatic carbocycles. The molecule has 0 radical (unpaired) electrons. The van der Waals surface area contributed by atoms with E-state index in [1.54, 1.807) is 9.36 Å². The van der Waals surface area contributed by atoms with Crippen molar-refractivity contribution in [3.63, 3.8) is 0 Å². The second-order valence-electron chi connectivity index (χ2n) is 2.86. The van der Waals surface area contributed by atoms with E-state index in [4.69, 9.17) is 4.74 Å². The predicted octanol–water partition coefficient (Wildman–Crippen LogP) is 1.16. The molecular formula is C8H10BrN5O. The number of rotatable bonds is 3. The quantitative estimate of drug-likeness (QED) is 0.841. The van der Waals surface area contributed by atoms with Gasteiger partial charge in [0, 0.05) is 13.2 Å². The van der Waals surface area contributed by atoms with Gasteiger partial charge >= 0.3 is 6.01 Å². The minimum absolute atomic E-state index is 0.442. The molecule has 2 aromatic heterocycles. The number of hydrogen-bond donors (Lipinski definition) is 0. The molecule has 0 amide bonds. The van der Waals surface area contributed by atoms with Gasteiger partial charge in [0.15, 0.2) is 5.82 Å². The van der Waals surface area contributed by atoms with Gasteiger partial charge in [-0.05, 0) is 22.9 Å². The van der Waals surface area contributed by atoms with Crippen molar-refractivity contribution in [1.29, 1.82) is 0 Å². The van der Waals surface area contributed by atoms with Crippen molar-refractivity contribution >= 4 is 15.9 Å². The molecule has 0 saturated carbocycles. The minimum atomic E-state index is 0.442. The van der Waals surface area contributed by atoms with E-state index in [0.29, 0.717) is 18.4 Å². The number of nitrogens with zero attached hydrogens (tertiary/aromatic N) is 5. The summed E-state index contributed by atoms with van der Waals surface area (Å²) in [5, 5.41) is 8.30. The zero-order valence-corrected chi connectivity index (χ0v) is 9.97. The fourth-order valence-electron chi connectivity index (χ4n) is 1.20. The Morgan fingerprint density at radius 3 is 2.93 bits per heavy atom. The fourth-order valence-corrected chi connectivity index (χ4v) is 1.74. The molecule has 0 bridgehead atoms. The average Bonchev–Trinajstić information content (AvgIpc) is 2.73. The number of halogens is 1. The first-order valence-corrected chi connectivity index (χ1v) is 5.24. The highest BCUT2D eigenvalue weighted by Crippen LogP contribution is 2.21. The zero-order chi connectivity index (χ0) is 10.8. The highest BCUT2D eigenvalue weighted by atomic mass is 79.9. The van der Waals surface area contributed by atoms with Crippen molar-refractivity contribution in [3.8, 4) is 11.8 Å². The molecule has 6 nitrogen and oxygen atoms in total. The molecule has 2 heterocycles. The van der Waals surface area contributed by atoms with E-state index in [1.165, 1.54) is 6.33 Å². The van der Waals surface area contributed by atoms with Crippen LogP contribution in [0.1, 0.15) is 6.92 Å². The topological polar surface area (TPSA) is 57.8 Å². The lowest BCUT2D eigenvalue weighted by atomic mass is 10.6. The highest BCUT2D eigenvalue weighted by Gasteiger charge is 2.13. The minimum Gasteiger partial charge on any atom is -0.464 e. The summed E-state index contributed by atoms with van der Waals surface area (Å²) in [5.74, 6) is 0.665. The Balaban J connectivity index is 2.44. The summed E-state index contributed by atoms with van der Waals surface area (Å²) in [7, 11) is 1.84. The molecule has 0 N–H and O–H groups in total. The zero-order valence-electron chi connectivity index (χ0n) is 8.38. The summed E-state index contributed by atoms with van der Waals surface area (Å²) in [6.07, 6.45) is 3.28. The number of aryl methyl sites for hydroxylation is 1. The smallest absolute Gasteiger partial charge is 0.321 e. The van der Waals surface area contributed by atoms with E-state index in [2.05, 4.69) is 31.1 Å². The van der Waals surface area contributed by atoms with E-state index in [0.717, 1.165) is 4.47 Å². The molecule has 7 heteroatoms. The monoisotopic (exact) mass is 271 g/mol. The number of aromatic nitrogens is 5. The van der Waals surface area contributed by atoms with E-state index >= 15 is 0 Å². The largest absolute Gasteiger partial charge is 0.464 e. The Labute approximate surface area is 95.0 Å². The van der Waals surface area contributed by atoms with Crippen LogP contribution >= 0.6 is 15.9 Å². The molecule has 0 fully saturated rings. The van der Waals surface area contributed by atoms with Crippen molar-refractivity contribution in [3.05, 3.63) is 17.0 Å². The SMILES string of the molecule is CCOc1ncnn1-c1nn(C)cc1Br. The molecule has 0 aliphatic heterocycles. The van der Waals surface area contributed by atoms with Crippen molar-refractivity contribution in [2.24, 2.45) is 7.05 Å². The van der Waals surface area contributed by atoms with Gasteiger partial charge in [-0.2, -0.15) is 19.9 Å². The average molecular weight is 272 g/mol. The normalized spacial score (nSPS) is 10.6. The highest BCUT2D eigenvalue weighted by molar-refractivity contribution is 9.10. The first kappa shape index (κ1) is 10.2. The van der Waals surface area contributed by atoms with Gasteiger partial charge in [0.1, 0.15) is 6.33 Å². The first-order valence-electron chi connectivity index (χ1n) is 4.44. The van der Waals surface area contributed by atoms with Crippen LogP contribution in [0.2, 0.25) is 0 Å². The maximum absolute atomic E-state index is 5.31. The van der Waals surface area contributed by atoms with Crippen LogP contribution in [-0.4, -0.2) is 31.2 Å². The summed E-state index contributed by atoms with van der Waals surface area (Å²) in [5.41, 5.74) is 0. The standard InChI is InChI=1S/C8H10BrN5O/c1-3-15-8-10-5-11-14(8)7-6(9)4-13(2)12-7/h4-5H,3H2,1-2H3. The lowest BCUT2D eigenvalue weighted by molar-refractivity contribution is 0.303. The Hall–Kier alpha value is -1.37. The van der Waals surface area contributed by atoms with Crippen molar-refractivity contribution < 1.29 is 4.74 Å². The second kappa shape index (κ2) is 4.01. The number of hydrogen-bond acceptors (Lipinski definition) is 4. The Morgan fingerprint density at radius 1 is 1.53 bits per heavy atom. The first-order chi connectivity index (χ1) is 7.22. The summed E-state index contributed by atoms with van der Waals surface area (Å²) < 4.78 is 9.40. The Kier molecular flexibility index (Phi) is 2.72. The molecular weight excluding hydrogens is 262 g/mol. The molecule has 80 valence electrons. The van der Waals surface area contributed by atoms with E-state index in [1.807, 2.05) is 20.2 Å². The van der Waals surface area contributed by atoms with Crippen LogP contribution in [0, 0.1) is 0 Å². The van der Waals surface area contributed by atoms with E-state index in [9.17, 15) is 0 Å². The van der Waals surface area contributed by atoms with Crippen LogP contribution in [0.4, 0.5) is 0 Å². The molecule has 0 aliphatic carbocycles.